The van der Waals surface area contributed by atoms with Crippen molar-refractivity contribution in [3.05, 3.63) is 70.8 Å². The van der Waals surface area contributed by atoms with E-state index >= 15 is 0 Å². The summed E-state index contributed by atoms with van der Waals surface area (Å²) < 4.78 is 5.47. The van der Waals surface area contributed by atoms with E-state index in [1.54, 1.807) is 29.2 Å². The maximum atomic E-state index is 13.1. The molecule has 5 heteroatoms. The molecule has 5 nitrogen and oxygen atoms in total. The van der Waals surface area contributed by atoms with E-state index in [9.17, 15) is 14.7 Å². The molecule has 2 aromatic rings. The molecule has 1 fully saturated rings. The van der Waals surface area contributed by atoms with Crippen molar-refractivity contribution in [2.45, 2.75) is 58.9 Å². The minimum atomic E-state index is -0.634. The van der Waals surface area contributed by atoms with Crippen LogP contribution in [0.5, 0.6) is 5.75 Å². The Morgan fingerprint density at radius 2 is 1.66 bits per heavy atom. The number of rotatable bonds is 9. The van der Waals surface area contributed by atoms with Crippen molar-refractivity contribution < 1.29 is 19.4 Å². The first-order valence-corrected chi connectivity index (χ1v) is 11.5. The van der Waals surface area contributed by atoms with Gasteiger partial charge in [0.05, 0.1) is 18.2 Å². The van der Waals surface area contributed by atoms with Gasteiger partial charge in [0.15, 0.2) is 0 Å². The number of ether oxygens (including phenoxy) is 1. The average molecular weight is 436 g/mol. The Morgan fingerprint density at radius 3 is 2.22 bits per heavy atom. The molecule has 170 valence electrons. The van der Waals surface area contributed by atoms with Gasteiger partial charge in [-0.3, -0.25) is 9.59 Å². The van der Waals surface area contributed by atoms with E-state index in [1.165, 1.54) is 5.56 Å². The molecule has 32 heavy (non-hydrogen) atoms. The highest BCUT2D eigenvalue weighted by Gasteiger charge is 2.45. The lowest BCUT2D eigenvalue weighted by Gasteiger charge is -2.25. The Kier molecular flexibility index (Phi) is 7.73. The Labute approximate surface area is 190 Å². The van der Waals surface area contributed by atoms with Crippen LogP contribution in [0, 0.1) is 0 Å². The first-order valence-electron chi connectivity index (χ1n) is 11.5. The van der Waals surface area contributed by atoms with Crippen molar-refractivity contribution in [3.8, 4) is 5.75 Å². The maximum Gasteiger partial charge on any atom is 0.295 e. The minimum absolute atomic E-state index is 0.146. The van der Waals surface area contributed by atoms with E-state index in [1.807, 2.05) is 31.2 Å². The normalized spacial score (nSPS) is 17.9. The lowest BCUT2D eigenvalue weighted by Crippen LogP contribution is -2.30. The quantitative estimate of drug-likeness (QED) is 0.233. The van der Waals surface area contributed by atoms with Crippen LogP contribution in [-0.4, -0.2) is 34.8 Å². The zero-order valence-corrected chi connectivity index (χ0v) is 19.4. The van der Waals surface area contributed by atoms with E-state index in [0.29, 0.717) is 30.4 Å². The number of unbranched alkanes of at least 4 members (excludes halogenated alkanes) is 2. The maximum absolute atomic E-state index is 13.1. The van der Waals surface area contributed by atoms with Crippen LogP contribution in [0.4, 0.5) is 0 Å². The van der Waals surface area contributed by atoms with Crippen LogP contribution in [-0.2, 0) is 9.59 Å². The van der Waals surface area contributed by atoms with Crippen LogP contribution in [0.2, 0.25) is 0 Å². The predicted molar refractivity (Wildman–Crippen MR) is 127 cm³/mol. The summed E-state index contributed by atoms with van der Waals surface area (Å²) in [6, 6.07) is 14.3. The average Bonchev–Trinajstić information content (AvgIpc) is 3.04. The molecule has 3 rings (SSSR count). The number of hydrogen-bond donors (Lipinski definition) is 1. The van der Waals surface area contributed by atoms with Crippen LogP contribution in [0.3, 0.4) is 0 Å². The Balaban J connectivity index is 2.06. The van der Waals surface area contributed by atoms with Gasteiger partial charge in [-0.05, 0) is 54.7 Å². The molecular formula is C27H33NO4. The van der Waals surface area contributed by atoms with Crippen molar-refractivity contribution in [1.29, 1.82) is 0 Å². The third-order valence-corrected chi connectivity index (χ3v) is 5.90. The molecule has 1 aliphatic rings. The number of hydrogen-bond acceptors (Lipinski definition) is 4. The smallest absolute Gasteiger partial charge is 0.295 e. The minimum Gasteiger partial charge on any atom is -0.507 e. The van der Waals surface area contributed by atoms with Crippen LogP contribution < -0.4 is 4.74 Å². The molecule has 1 N–H and O–H groups in total. The molecule has 0 aromatic heterocycles. The number of aliphatic hydroxyl groups is 1. The molecule has 1 amide bonds. The second kappa shape index (κ2) is 10.5. The number of carbonyl (C=O) groups is 2. The van der Waals surface area contributed by atoms with Gasteiger partial charge in [0, 0.05) is 12.1 Å². The molecule has 0 spiro atoms. The summed E-state index contributed by atoms with van der Waals surface area (Å²) in [6.07, 6.45) is 2.80. The molecule has 1 unspecified atom stereocenters. The summed E-state index contributed by atoms with van der Waals surface area (Å²) >= 11 is 0. The number of Topliss-reactive ketones (excluding diaryl/α,β-unsaturated/α-hetero) is 1. The number of ketones is 1. The number of benzene rings is 2. The monoisotopic (exact) mass is 435 g/mol. The van der Waals surface area contributed by atoms with E-state index in [4.69, 9.17) is 4.74 Å². The second-order valence-electron chi connectivity index (χ2n) is 8.48. The molecule has 0 saturated carbocycles. The van der Waals surface area contributed by atoms with Crippen molar-refractivity contribution in [3.63, 3.8) is 0 Å². The van der Waals surface area contributed by atoms with E-state index in [0.717, 1.165) is 24.8 Å². The summed E-state index contributed by atoms with van der Waals surface area (Å²) in [4.78, 5) is 27.6. The molecular weight excluding hydrogens is 402 g/mol. The third kappa shape index (κ3) is 4.87. The zero-order valence-electron chi connectivity index (χ0n) is 19.4. The van der Waals surface area contributed by atoms with E-state index in [2.05, 4.69) is 20.8 Å². The van der Waals surface area contributed by atoms with Gasteiger partial charge in [-0.15, -0.1) is 0 Å². The third-order valence-electron chi connectivity index (χ3n) is 5.90. The molecule has 1 saturated heterocycles. The van der Waals surface area contributed by atoms with Gasteiger partial charge in [0.1, 0.15) is 11.5 Å². The SMILES string of the molecule is CCCCCN1C(=O)C(=O)/C(=C(\O)c2ccc(OCC)cc2)C1c1ccc(C(C)C)cc1. The summed E-state index contributed by atoms with van der Waals surface area (Å²) in [5.41, 5.74) is 2.65. The molecule has 0 radical (unpaired) electrons. The van der Waals surface area contributed by atoms with Gasteiger partial charge >= 0.3 is 0 Å². The molecule has 1 aliphatic heterocycles. The standard InChI is InChI=1S/C27H33NO4/c1-5-7-8-17-28-24(20-11-9-19(10-12-20)18(3)4)23(26(30)27(28)31)25(29)21-13-15-22(16-14-21)32-6-2/h9-16,18,24,29H,5-8,17H2,1-4H3/b25-23-. The van der Waals surface area contributed by atoms with Gasteiger partial charge in [-0.2, -0.15) is 0 Å². The van der Waals surface area contributed by atoms with E-state index in [-0.39, 0.29) is 11.3 Å². The number of amides is 1. The predicted octanol–water partition coefficient (Wildman–Crippen LogP) is 5.82. The fourth-order valence-electron chi connectivity index (χ4n) is 4.08. The topological polar surface area (TPSA) is 66.8 Å². The summed E-state index contributed by atoms with van der Waals surface area (Å²) in [6.45, 7) is 9.27. The van der Waals surface area contributed by atoms with Crippen LogP contribution in [0.15, 0.2) is 54.1 Å². The molecule has 2 aromatic carbocycles. The fraction of sp³-hybridized carbons (Fsp3) is 0.407. The van der Waals surface area contributed by atoms with Gasteiger partial charge in [-0.25, -0.2) is 0 Å². The van der Waals surface area contributed by atoms with Crippen molar-refractivity contribution >= 4 is 17.4 Å². The second-order valence-corrected chi connectivity index (χ2v) is 8.48. The van der Waals surface area contributed by atoms with Crippen LogP contribution >= 0.6 is 0 Å². The number of carbonyl (C=O) groups excluding carboxylic acids is 2. The molecule has 0 bridgehead atoms. The number of likely N-dealkylation sites (tertiary alicyclic amines) is 1. The first kappa shape index (κ1) is 23.6. The lowest BCUT2D eigenvalue weighted by molar-refractivity contribution is -0.139. The van der Waals surface area contributed by atoms with Crippen molar-refractivity contribution in [1.82, 2.24) is 4.90 Å². The summed E-state index contributed by atoms with van der Waals surface area (Å²) in [5.74, 6) is -0.270. The van der Waals surface area contributed by atoms with Gasteiger partial charge in [0.25, 0.3) is 11.7 Å². The number of aliphatic hydroxyl groups excluding tert-OH is 1. The summed E-state index contributed by atoms with van der Waals surface area (Å²) in [5, 5.41) is 11.1. The highest BCUT2D eigenvalue weighted by Crippen LogP contribution is 2.40. The Morgan fingerprint density at radius 1 is 1.00 bits per heavy atom. The van der Waals surface area contributed by atoms with Crippen molar-refractivity contribution in [2.75, 3.05) is 13.2 Å². The summed E-state index contributed by atoms with van der Waals surface area (Å²) in [7, 11) is 0. The van der Waals surface area contributed by atoms with Gasteiger partial charge in [-0.1, -0.05) is 57.9 Å². The van der Waals surface area contributed by atoms with Gasteiger partial charge in [0.2, 0.25) is 0 Å². The fourth-order valence-corrected chi connectivity index (χ4v) is 4.08. The Bertz CT molecular complexity index is 974. The van der Waals surface area contributed by atoms with Crippen molar-refractivity contribution in [2.24, 2.45) is 0 Å². The van der Waals surface area contributed by atoms with Gasteiger partial charge < -0.3 is 14.7 Å². The van der Waals surface area contributed by atoms with Crippen LogP contribution in [0.25, 0.3) is 5.76 Å². The largest absolute Gasteiger partial charge is 0.507 e. The molecule has 0 aliphatic carbocycles. The lowest BCUT2D eigenvalue weighted by atomic mass is 9.93. The number of nitrogens with zero attached hydrogens (tertiary/aromatic N) is 1. The molecule has 1 heterocycles. The zero-order chi connectivity index (χ0) is 23.3. The Hall–Kier alpha value is -3.08. The van der Waals surface area contributed by atoms with E-state index < -0.39 is 17.7 Å². The first-order chi connectivity index (χ1) is 15.4. The highest BCUT2D eigenvalue weighted by molar-refractivity contribution is 6.46. The van der Waals surface area contributed by atoms with Crippen LogP contribution in [0.1, 0.15) is 75.6 Å². The molecule has 1 atom stereocenters. The highest BCUT2D eigenvalue weighted by atomic mass is 16.5.